The Labute approximate surface area is 120 Å². The molecule has 0 fully saturated rings. The van der Waals surface area contributed by atoms with Crippen molar-refractivity contribution < 1.29 is 4.74 Å². The van der Waals surface area contributed by atoms with Crippen LogP contribution in [-0.4, -0.2) is 11.6 Å². The second kappa shape index (κ2) is 7.65. The summed E-state index contributed by atoms with van der Waals surface area (Å²) in [5.41, 5.74) is 8.45. The summed E-state index contributed by atoms with van der Waals surface area (Å²) in [5.74, 6) is 0.909. The highest BCUT2D eigenvalue weighted by Gasteiger charge is 2.03. The third kappa shape index (κ3) is 4.35. The van der Waals surface area contributed by atoms with Gasteiger partial charge in [-0.05, 0) is 54.7 Å². The Balaban J connectivity index is 1.74. The van der Waals surface area contributed by atoms with Gasteiger partial charge in [0, 0.05) is 18.4 Å². The fraction of sp³-hybridized carbons (Fsp3) is 0.353. The van der Waals surface area contributed by atoms with Crippen LogP contribution in [-0.2, 0) is 6.42 Å². The molecule has 0 aliphatic heterocycles. The molecule has 1 aromatic carbocycles. The Morgan fingerprint density at radius 3 is 2.45 bits per heavy atom. The van der Waals surface area contributed by atoms with Gasteiger partial charge in [-0.2, -0.15) is 0 Å². The van der Waals surface area contributed by atoms with Gasteiger partial charge in [0.05, 0.1) is 6.61 Å². The van der Waals surface area contributed by atoms with Crippen LogP contribution in [0.4, 0.5) is 0 Å². The minimum Gasteiger partial charge on any atom is -0.494 e. The molecule has 0 saturated carbocycles. The molecule has 3 heteroatoms. The Kier molecular flexibility index (Phi) is 5.56. The predicted molar refractivity (Wildman–Crippen MR) is 81.7 cm³/mol. The molecule has 0 unspecified atom stereocenters. The molecule has 3 nitrogen and oxygen atoms in total. The van der Waals surface area contributed by atoms with E-state index in [0.29, 0.717) is 0 Å². The van der Waals surface area contributed by atoms with Gasteiger partial charge in [0.25, 0.3) is 0 Å². The first kappa shape index (κ1) is 14.5. The molecular weight excluding hydrogens is 248 g/mol. The third-order valence-electron chi connectivity index (χ3n) is 3.38. The molecule has 1 atom stereocenters. The van der Waals surface area contributed by atoms with E-state index < -0.39 is 0 Å². The van der Waals surface area contributed by atoms with Crippen molar-refractivity contribution in [2.45, 2.75) is 32.2 Å². The molecule has 2 N–H and O–H groups in total. The smallest absolute Gasteiger partial charge is 0.119 e. The molecular formula is C17H22N2O. The third-order valence-corrected chi connectivity index (χ3v) is 3.38. The van der Waals surface area contributed by atoms with Gasteiger partial charge < -0.3 is 10.5 Å². The topological polar surface area (TPSA) is 48.1 Å². The van der Waals surface area contributed by atoms with E-state index in [1.165, 1.54) is 5.56 Å². The maximum atomic E-state index is 5.98. The van der Waals surface area contributed by atoms with Gasteiger partial charge in [-0.15, -0.1) is 0 Å². The van der Waals surface area contributed by atoms with Gasteiger partial charge in [-0.3, -0.25) is 4.98 Å². The fourth-order valence-electron chi connectivity index (χ4n) is 2.06. The number of pyridine rings is 1. The Hall–Kier alpha value is -1.87. The SMILES string of the molecule is CC[C@H](N)c1ccc(OCCCc2ccncc2)cc1. The lowest BCUT2D eigenvalue weighted by Gasteiger charge is -2.11. The quantitative estimate of drug-likeness (QED) is 0.783. The summed E-state index contributed by atoms with van der Waals surface area (Å²) in [5, 5.41) is 0. The average Bonchev–Trinajstić information content (AvgIpc) is 2.52. The van der Waals surface area contributed by atoms with E-state index in [-0.39, 0.29) is 6.04 Å². The summed E-state index contributed by atoms with van der Waals surface area (Å²) in [6.07, 6.45) is 6.62. The summed E-state index contributed by atoms with van der Waals surface area (Å²) >= 11 is 0. The molecule has 0 aliphatic rings. The number of hydrogen-bond acceptors (Lipinski definition) is 3. The van der Waals surface area contributed by atoms with E-state index in [1.54, 1.807) is 0 Å². The first-order valence-corrected chi connectivity index (χ1v) is 7.17. The van der Waals surface area contributed by atoms with E-state index in [4.69, 9.17) is 10.5 Å². The molecule has 0 spiro atoms. The van der Waals surface area contributed by atoms with Gasteiger partial charge >= 0.3 is 0 Å². The summed E-state index contributed by atoms with van der Waals surface area (Å²) in [6, 6.07) is 12.3. The van der Waals surface area contributed by atoms with Crippen molar-refractivity contribution in [3.63, 3.8) is 0 Å². The number of nitrogens with zero attached hydrogens (tertiary/aromatic N) is 1. The van der Waals surface area contributed by atoms with Gasteiger partial charge in [0.2, 0.25) is 0 Å². The van der Waals surface area contributed by atoms with Crippen molar-refractivity contribution in [1.82, 2.24) is 4.98 Å². The van der Waals surface area contributed by atoms with E-state index >= 15 is 0 Å². The molecule has 2 rings (SSSR count). The largest absolute Gasteiger partial charge is 0.494 e. The number of hydrogen-bond donors (Lipinski definition) is 1. The highest BCUT2D eigenvalue weighted by Crippen LogP contribution is 2.18. The van der Waals surface area contributed by atoms with Gasteiger partial charge in [0.1, 0.15) is 5.75 Å². The Morgan fingerprint density at radius 1 is 1.10 bits per heavy atom. The van der Waals surface area contributed by atoms with Crippen LogP contribution in [0.15, 0.2) is 48.8 Å². The molecule has 0 amide bonds. The van der Waals surface area contributed by atoms with Gasteiger partial charge in [-0.1, -0.05) is 19.1 Å². The lowest BCUT2D eigenvalue weighted by Crippen LogP contribution is -2.08. The number of nitrogens with two attached hydrogens (primary N) is 1. The minimum absolute atomic E-state index is 0.121. The number of aryl methyl sites for hydroxylation is 1. The van der Waals surface area contributed by atoms with Gasteiger partial charge in [0.15, 0.2) is 0 Å². The maximum absolute atomic E-state index is 5.98. The molecule has 2 aromatic rings. The van der Waals surface area contributed by atoms with Crippen LogP contribution in [0.25, 0.3) is 0 Å². The molecule has 0 radical (unpaired) electrons. The summed E-state index contributed by atoms with van der Waals surface area (Å²) in [6.45, 7) is 2.82. The van der Waals surface area contributed by atoms with Crippen molar-refractivity contribution in [3.8, 4) is 5.75 Å². The van der Waals surface area contributed by atoms with Crippen LogP contribution in [0.2, 0.25) is 0 Å². The van der Waals surface area contributed by atoms with Crippen LogP contribution in [0.1, 0.15) is 36.9 Å². The lowest BCUT2D eigenvalue weighted by molar-refractivity contribution is 0.311. The Morgan fingerprint density at radius 2 is 1.80 bits per heavy atom. The maximum Gasteiger partial charge on any atom is 0.119 e. The zero-order valence-corrected chi connectivity index (χ0v) is 12.0. The van der Waals surface area contributed by atoms with Crippen LogP contribution in [0, 0.1) is 0 Å². The van der Waals surface area contributed by atoms with Gasteiger partial charge in [-0.25, -0.2) is 0 Å². The van der Waals surface area contributed by atoms with E-state index in [2.05, 4.69) is 11.9 Å². The first-order valence-electron chi connectivity index (χ1n) is 7.17. The monoisotopic (exact) mass is 270 g/mol. The molecule has 0 aliphatic carbocycles. The van der Waals surface area contributed by atoms with E-state index in [0.717, 1.165) is 37.2 Å². The zero-order valence-electron chi connectivity index (χ0n) is 12.0. The van der Waals surface area contributed by atoms with Crippen molar-refractivity contribution >= 4 is 0 Å². The minimum atomic E-state index is 0.121. The average molecular weight is 270 g/mol. The summed E-state index contributed by atoms with van der Waals surface area (Å²) < 4.78 is 5.74. The van der Waals surface area contributed by atoms with Crippen molar-refractivity contribution in [2.24, 2.45) is 5.73 Å². The van der Waals surface area contributed by atoms with Crippen LogP contribution in [0.3, 0.4) is 0 Å². The summed E-state index contributed by atoms with van der Waals surface area (Å²) in [7, 11) is 0. The molecule has 1 aromatic heterocycles. The highest BCUT2D eigenvalue weighted by molar-refractivity contribution is 5.29. The zero-order chi connectivity index (χ0) is 14.2. The number of ether oxygens (including phenoxy) is 1. The van der Waals surface area contributed by atoms with Crippen molar-refractivity contribution in [2.75, 3.05) is 6.61 Å². The number of aromatic nitrogens is 1. The fourth-order valence-corrected chi connectivity index (χ4v) is 2.06. The molecule has 1 heterocycles. The van der Waals surface area contributed by atoms with Crippen LogP contribution in [0.5, 0.6) is 5.75 Å². The highest BCUT2D eigenvalue weighted by atomic mass is 16.5. The molecule has 0 bridgehead atoms. The van der Waals surface area contributed by atoms with Crippen molar-refractivity contribution in [3.05, 3.63) is 59.9 Å². The molecule has 0 saturated heterocycles. The standard InChI is InChI=1S/C17H22N2O/c1-2-17(18)15-5-7-16(8-6-15)20-13-3-4-14-9-11-19-12-10-14/h5-12,17H,2-4,13,18H2,1H3/t17-/m0/s1. The number of rotatable bonds is 7. The second-order valence-corrected chi connectivity index (χ2v) is 4.89. The van der Waals surface area contributed by atoms with Crippen LogP contribution >= 0.6 is 0 Å². The second-order valence-electron chi connectivity index (χ2n) is 4.89. The Bertz CT molecular complexity index is 496. The first-order chi connectivity index (χ1) is 9.79. The summed E-state index contributed by atoms with van der Waals surface area (Å²) in [4.78, 5) is 4.01. The lowest BCUT2D eigenvalue weighted by atomic mass is 10.1. The van der Waals surface area contributed by atoms with E-state index in [1.807, 2.05) is 48.8 Å². The molecule has 20 heavy (non-hydrogen) atoms. The normalized spacial score (nSPS) is 12.1. The van der Waals surface area contributed by atoms with Crippen molar-refractivity contribution in [1.29, 1.82) is 0 Å². The van der Waals surface area contributed by atoms with Crippen LogP contribution < -0.4 is 10.5 Å². The predicted octanol–water partition coefficient (Wildman–Crippen LogP) is 3.50. The molecule has 106 valence electrons. The van der Waals surface area contributed by atoms with E-state index in [9.17, 15) is 0 Å². The number of benzene rings is 1.